The van der Waals surface area contributed by atoms with Gasteiger partial charge in [0.1, 0.15) is 5.69 Å². The van der Waals surface area contributed by atoms with Crippen molar-refractivity contribution in [3.8, 4) is 0 Å². The smallest absolute Gasteiger partial charge is 0.293 e. The van der Waals surface area contributed by atoms with Crippen LogP contribution >= 0.6 is 11.3 Å². The van der Waals surface area contributed by atoms with Crippen molar-refractivity contribution < 1.29 is 9.72 Å². The molecule has 0 aliphatic rings. The molecule has 3 rings (SSSR count). The van der Waals surface area contributed by atoms with E-state index in [1.54, 1.807) is 23.5 Å². The summed E-state index contributed by atoms with van der Waals surface area (Å²) in [6, 6.07) is 17.6. The van der Waals surface area contributed by atoms with Gasteiger partial charge >= 0.3 is 0 Å². The number of nitro groups is 1. The van der Waals surface area contributed by atoms with Crippen molar-refractivity contribution in [1.29, 1.82) is 0 Å². The summed E-state index contributed by atoms with van der Waals surface area (Å²) < 4.78 is 0. The van der Waals surface area contributed by atoms with E-state index in [1.807, 2.05) is 47.8 Å². The van der Waals surface area contributed by atoms with Crippen LogP contribution < -0.4 is 10.6 Å². The maximum atomic E-state index is 12.3. The molecule has 0 radical (unpaired) electrons. The fourth-order valence-corrected chi connectivity index (χ4v) is 3.17. The zero-order chi connectivity index (χ0) is 18.4. The number of carbonyl (C=O) groups is 1. The Morgan fingerprint density at radius 3 is 2.58 bits per heavy atom. The van der Waals surface area contributed by atoms with Gasteiger partial charge < -0.3 is 10.6 Å². The lowest BCUT2D eigenvalue weighted by atomic mass is 10.1. The van der Waals surface area contributed by atoms with E-state index in [2.05, 4.69) is 10.6 Å². The Morgan fingerprint density at radius 2 is 1.88 bits per heavy atom. The van der Waals surface area contributed by atoms with E-state index in [1.165, 1.54) is 10.9 Å². The summed E-state index contributed by atoms with van der Waals surface area (Å²) in [7, 11) is 0. The highest BCUT2D eigenvalue weighted by Gasteiger charge is 2.17. The highest BCUT2D eigenvalue weighted by atomic mass is 32.1. The van der Waals surface area contributed by atoms with Crippen LogP contribution in [0.2, 0.25) is 0 Å². The van der Waals surface area contributed by atoms with E-state index >= 15 is 0 Å². The number of nitrogens with one attached hydrogen (secondary N) is 2. The molecule has 132 valence electrons. The second kappa shape index (κ2) is 8.26. The highest BCUT2D eigenvalue weighted by Crippen LogP contribution is 2.28. The van der Waals surface area contributed by atoms with Crippen molar-refractivity contribution in [1.82, 2.24) is 5.32 Å². The number of para-hydroxylation sites is 1. The lowest BCUT2D eigenvalue weighted by Gasteiger charge is -2.09. The van der Waals surface area contributed by atoms with Crippen molar-refractivity contribution in [2.45, 2.75) is 6.42 Å². The van der Waals surface area contributed by atoms with Crippen LogP contribution in [0.4, 0.5) is 17.1 Å². The number of hydrogen-bond acceptors (Lipinski definition) is 5. The Hall–Kier alpha value is -3.19. The van der Waals surface area contributed by atoms with Crippen molar-refractivity contribution in [2.24, 2.45) is 0 Å². The first-order chi connectivity index (χ1) is 12.6. The number of amides is 1. The van der Waals surface area contributed by atoms with Gasteiger partial charge in [-0.15, -0.1) is 11.3 Å². The summed E-state index contributed by atoms with van der Waals surface area (Å²) in [5, 5.41) is 19.2. The lowest BCUT2D eigenvalue weighted by Crippen LogP contribution is -2.25. The second-order valence-corrected chi connectivity index (χ2v) is 6.60. The number of nitrogens with zero attached hydrogens (tertiary/aromatic N) is 1. The molecule has 0 aliphatic heterocycles. The molecule has 0 saturated carbocycles. The average molecular weight is 367 g/mol. The van der Waals surface area contributed by atoms with E-state index < -0.39 is 4.92 Å². The molecular formula is C19H17N3O3S. The Balaban J connectivity index is 1.71. The molecular weight excluding hydrogens is 350 g/mol. The van der Waals surface area contributed by atoms with Gasteiger partial charge in [0, 0.05) is 28.7 Å². The van der Waals surface area contributed by atoms with Crippen molar-refractivity contribution in [3.05, 3.63) is 86.6 Å². The van der Waals surface area contributed by atoms with Gasteiger partial charge in [-0.25, -0.2) is 0 Å². The molecule has 0 saturated heterocycles. The molecule has 1 amide bonds. The summed E-state index contributed by atoms with van der Waals surface area (Å²) in [5.41, 5.74) is 1.21. The van der Waals surface area contributed by atoms with E-state index in [4.69, 9.17) is 0 Å². The first kappa shape index (κ1) is 17.6. The first-order valence-electron chi connectivity index (χ1n) is 8.04. The number of nitro benzene ring substituents is 1. The van der Waals surface area contributed by atoms with Gasteiger partial charge in [-0.05, 0) is 42.1 Å². The van der Waals surface area contributed by atoms with Crippen LogP contribution in [0.3, 0.4) is 0 Å². The first-order valence-corrected chi connectivity index (χ1v) is 8.92. The fourth-order valence-electron chi connectivity index (χ4n) is 2.46. The largest absolute Gasteiger partial charge is 0.352 e. The molecule has 2 aromatic carbocycles. The number of rotatable bonds is 7. The molecule has 26 heavy (non-hydrogen) atoms. The van der Waals surface area contributed by atoms with Gasteiger partial charge in [-0.2, -0.15) is 0 Å². The molecule has 6 nitrogen and oxygen atoms in total. The van der Waals surface area contributed by atoms with Crippen molar-refractivity contribution in [2.75, 3.05) is 11.9 Å². The van der Waals surface area contributed by atoms with Crippen molar-refractivity contribution in [3.63, 3.8) is 0 Å². The summed E-state index contributed by atoms with van der Waals surface area (Å²) in [6.07, 6.45) is 0.735. The van der Waals surface area contributed by atoms with Gasteiger partial charge in [0.05, 0.1) is 4.92 Å². The molecule has 7 heteroatoms. The van der Waals surface area contributed by atoms with Crippen LogP contribution in [0, 0.1) is 10.1 Å². The maximum Gasteiger partial charge on any atom is 0.293 e. The van der Waals surface area contributed by atoms with Crippen LogP contribution in [-0.4, -0.2) is 17.4 Å². The molecule has 3 aromatic rings. The molecule has 0 fully saturated rings. The number of hydrogen-bond donors (Lipinski definition) is 2. The monoisotopic (exact) mass is 367 g/mol. The summed E-state index contributed by atoms with van der Waals surface area (Å²) >= 11 is 1.63. The van der Waals surface area contributed by atoms with E-state index in [0.29, 0.717) is 12.2 Å². The molecule has 1 aromatic heterocycles. The summed E-state index contributed by atoms with van der Waals surface area (Å²) in [5.74, 6) is -0.323. The predicted octanol–water partition coefficient (Wildman–Crippen LogP) is 4.37. The maximum absolute atomic E-state index is 12.3. The third-order valence-corrected chi connectivity index (χ3v) is 4.68. The quantitative estimate of drug-likeness (QED) is 0.480. The number of benzene rings is 2. The van der Waals surface area contributed by atoms with Crippen LogP contribution in [0.1, 0.15) is 15.2 Å². The number of anilines is 2. The summed E-state index contributed by atoms with van der Waals surface area (Å²) in [4.78, 5) is 24.3. The van der Waals surface area contributed by atoms with Crippen molar-refractivity contribution >= 4 is 34.3 Å². The molecule has 0 aliphatic carbocycles. The molecule has 2 N–H and O–H groups in total. The minimum absolute atomic E-state index is 0.139. The topological polar surface area (TPSA) is 84.3 Å². The minimum Gasteiger partial charge on any atom is -0.352 e. The molecule has 0 bridgehead atoms. The van der Waals surface area contributed by atoms with E-state index in [9.17, 15) is 14.9 Å². The fraction of sp³-hybridized carbons (Fsp3) is 0.105. The second-order valence-electron chi connectivity index (χ2n) is 5.57. The van der Waals surface area contributed by atoms with Gasteiger partial charge in [-0.1, -0.05) is 24.3 Å². The molecule has 1 heterocycles. The molecule has 0 spiro atoms. The Kier molecular flexibility index (Phi) is 5.60. The standard InChI is InChI=1S/C19H17N3O3S/c23-19(20-11-10-16-7-4-12-26-16)14-8-9-17(18(13-14)22(24)25)21-15-5-2-1-3-6-15/h1-9,12-13,21H,10-11H2,(H,20,23). The van der Waals surface area contributed by atoms with Crippen LogP contribution in [0.5, 0.6) is 0 Å². The number of thiophene rings is 1. The third kappa shape index (κ3) is 4.46. The van der Waals surface area contributed by atoms with E-state index in [-0.39, 0.29) is 17.2 Å². The Bertz CT molecular complexity index is 896. The Labute approximate surface area is 154 Å². The lowest BCUT2D eigenvalue weighted by molar-refractivity contribution is -0.383. The van der Waals surface area contributed by atoms with Gasteiger partial charge in [0.2, 0.25) is 0 Å². The van der Waals surface area contributed by atoms with Crippen LogP contribution in [-0.2, 0) is 6.42 Å². The van der Waals surface area contributed by atoms with E-state index in [0.717, 1.165) is 12.1 Å². The zero-order valence-corrected chi connectivity index (χ0v) is 14.7. The SMILES string of the molecule is O=C(NCCc1cccs1)c1ccc(Nc2ccccc2)c([N+](=O)[O-])c1. The highest BCUT2D eigenvalue weighted by molar-refractivity contribution is 7.09. The molecule has 0 unspecified atom stereocenters. The minimum atomic E-state index is -0.492. The van der Waals surface area contributed by atoms with Gasteiger partial charge in [-0.3, -0.25) is 14.9 Å². The summed E-state index contributed by atoms with van der Waals surface area (Å²) in [6.45, 7) is 0.483. The van der Waals surface area contributed by atoms with Crippen LogP contribution in [0.15, 0.2) is 66.0 Å². The van der Waals surface area contributed by atoms with Gasteiger partial charge in [0.25, 0.3) is 11.6 Å². The predicted molar refractivity (Wildman–Crippen MR) is 103 cm³/mol. The van der Waals surface area contributed by atoms with Gasteiger partial charge in [0.15, 0.2) is 0 Å². The number of carbonyl (C=O) groups excluding carboxylic acids is 1. The van der Waals surface area contributed by atoms with Crippen LogP contribution in [0.25, 0.3) is 0 Å². The Morgan fingerprint density at radius 1 is 1.08 bits per heavy atom. The normalized spacial score (nSPS) is 10.3. The zero-order valence-electron chi connectivity index (χ0n) is 13.8. The third-order valence-electron chi connectivity index (χ3n) is 3.75. The average Bonchev–Trinajstić information content (AvgIpc) is 3.16. The molecule has 0 atom stereocenters.